The summed E-state index contributed by atoms with van der Waals surface area (Å²) in [4.78, 5) is 18.5. The lowest BCUT2D eigenvalue weighted by Crippen LogP contribution is -2.40. The number of pyridine rings is 1. The van der Waals surface area contributed by atoms with Crippen LogP contribution in [-0.2, 0) is 9.53 Å². The maximum Gasteiger partial charge on any atom is 0.227 e. The van der Waals surface area contributed by atoms with Crippen molar-refractivity contribution >= 4 is 42.2 Å². The molecule has 1 unspecified atom stereocenters. The molecule has 0 spiro atoms. The topological polar surface area (TPSA) is 66.5 Å². The van der Waals surface area contributed by atoms with E-state index in [1.165, 1.54) is 0 Å². The molecule has 1 aromatic heterocycles. The van der Waals surface area contributed by atoms with Gasteiger partial charge < -0.3 is 20.3 Å². The smallest absolute Gasteiger partial charge is 0.227 e. The Morgan fingerprint density at radius 1 is 1.39 bits per heavy atom. The van der Waals surface area contributed by atoms with E-state index in [2.05, 4.69) is 34.4 Å². The molecule has 1 saturated heterocycles. The second-order valence-corrected chi connectivity index (χ2v) is 5.03. The van der Waals surface area contributed by atoms with Gasteiger partial charge in [-0.1, -0.05) is 0 Å². The number of hydrogen-bond donors (Lipinski definition) is 2. The number of ether oxygens (including phenoxy) is 1. The first-order valence-electron chi connectivity index (χ1n) is 7.56. The molecule has 0 radical (unpaired) electrons. The fourth-order valence-electron chi connectivity index (χ4n) is 2.36. The Morgan fingerprint density at radius 2 is 2.13 bits per heavy atom. The summed E-state index contributed by atoms with van der Waals surface area (Å²) in [5.41, 5.74) is 0.722. The molecule has 1 aliphatic rings. The second kappa shape index (κ2) is 11.5. The fraction of sp³-hybridized carbons (Fsp3) is 0.600. The van der Waals surface area contributed by atoms with Gasteiger partial charge in [0.2, 0.25) is 5.91 Å². The van der Waals surface area contributed by atoms with Crippen LogP contribution in [0.3, 0.4) is 0 Å². The molecule has 1 aromatic rings. The molecule has 23 heavy (non-hydrogen) atoms. The quantitative estimate of drug-likeness (QED) is 0.808. The molecule has 0 aliphatic carbocycles. The van der Waals surface area contributed by atoms with Crippen LogP contribution in [0.4, 0.5) is 11.5 Å². The predicted molar refractivity (Wildman–Crippen MR) is 98.2 cm³/mol. The first-order valence-corrected chi connectivity index (χ1v) is 7.56. The normalized spacial score (nSPS) is 16.7. The van der Waals surface area contributed by atoms with Gasteiger partial charge in [0.1, 0.15) is 5.82 Å². The molecule has 1 fully saturated rings. The van der Waals surface area contributed by atoms with Crippen molar-refractivity contribution in [3.63, 3.8) is 0 Å². The van der Waals surface area contributed by atoms with Crippen molar-refractivity contribution in [2.24, 2.45) is 0 Å². The van der Waals surface area contributed by atoms with Crippen LogP contribution in [0.15, 0.2) is 18.3 Å². The highest BCUT2D eigenvalue weighted by Crippen LogP contribution is 2.14. The van der Waals surface area contributed by atoms with Gasteiger partial charge in [-0.25, -0.2) is 4.98 Å². The van der Waals surface area contributed by atoms with Gasteiger partial charge in [-0.2, -0.15) is 0 Å². The van der Waals surface area contributed by atoms with Gasteiger partial charge in [0.15, 0.2) is 0 Å². The molecule has 0 bridgehead atoms. The lowest BCUT2D eigenvalue weighted by atomic mass is 10.2. The fourth-order valence-corrected chi connectivity index (χ4v) is 2.36. The van der Waals surface area contributed by atoms with Gasteiger partial charge in [0.05, 0.1) is 31.0 Å². The van der Waals surface area contributed by atoms with Crippen LogP contribution in [0.5, 0.6) is 0 Å². The number of nitrogens with one attached hydrogen (secondary N) is 2. The van der Waals surface area contributed by atoms with Gasteiger partial charge >= 0.3 is 0 Å². The molecule has 1 atom stereocenters. The number of anilines is 2. The van der Waals surface area contributed by atoms with Gasteiger partial charge in [0.25, 0.3) is 0 Å². The van der Waals surface area contributed by atoms with E-state index in [9.17, 15) is 4.79 Å². The van der Waals surface area contributed by atoms with E-state index in [1.807, 2.05) is 12.1 Å². The zero-order valence-corrected chi connectivity index (χ0v) is 15.2. The number of halogens is 2. The lowest BCUT2D eigenvalue weighted by Gasteiger charge is -2.23. The van der Waals surface area contributed by atoms with Crippen molar-refractivity contribution in [2.75, 3.05) is 43.0 Å². The van der Waals surface area contributed by atoms with Crippen LogP contribution in [0, 0.1) is 0 Å². The summed E-state index contributed by atoms with van der Waals surface area (Å²) in [6.07, 6.45) is 2.03. The third-order valence-electron chi connectivity index (χ3n) is 3.54. The Hall–Kier alpha value is -1.08. The minimum absolute atomic E-state index is 0. The molecule has 1 amide bonds. The van der Waals surface area contributed by atoms with Crippen molar-refractivity contribution in [1.29, 1.82) is 0 Å². The highest BCUT2D eigenvalue weighted by atomic mass is 35.5. The summed E-state index contributed by atoms with van der Waals surface area (Å²) >= 11 is 0. The monoisotopic (exact) mass is 364 g/mol. The predicted octanol–water partition coefficient (Wildman–Crippen LogP) is 2.09. The summed E-state index contributed by atoms with van der Waals surface area (Å²) in [7, 11) is 0. The van der Waals surface area contributed by atoms with Crippen LogP contribution < -0.4 is 15.5 Å². The number of rotatable bonds is 6. The average Bonchev–Trinajstić information content (AvgIpc) is 2.51. The summed E-state index contributed by atoms with van der Waals surface area (Å²) in [6, 6.07) is 3.82. The maximum absolute atomic E-state index is 12.0. The molecule has 2 rings (SSSR count). The average molecular weight is 365 g/mol. The zero-order chi connectivity index (χ0) is 15.1. The highest BCUT2D eigenvalue weighted by Gasteiger charge is 2.17. The van der Waals surface area contributed by atoms with Gasteiger partial charge in [-0.05, 0) is 26.0 Å². The minimum Gasteiger partial charge on any atom is -0.375 e. The molecular formula is C15H26Cl2N4O2. The van der Waals surface area contributed by atoms with Crippen LogP contribution >= 0.6 is 24.8 Å². The minimum atomic E-state index is -0.0407. The Bertz CT molecular complexity index is 449. The third kappa shape index (κ3) is 6.91. The van der Waals surface area contributed by atoms with Crippen LogP contribution in [0.2, 0.25) is 0 Å². The highest BCUT2D eigenvalue weighted by molar-refractivity contribution is 5.91. The summed E-state index contributed by atoms with van der Waals surface area (Å²) < 4.78 is 5.52. The van der Waals surface area contributed by atoms with E-state index < -0.39 is 0 Å². The SMILES string of the molecule is CCN(CC)c1ccc(NC(=O)CC2CNCCO2)cn1.Cl.Cl. The molecule has 0 aromatic carbocycles. The molecule has 1 aliphatic heterocycles. The van der Waals surface area contributed by atoms with E-state index in [-0.39, 0.29) is 36.8 Å². The number of nitrogens with zero attached hydrogens (tertiary/aromatic N) is 2. The van der Waals surface area contributed by atoms with Crippen molar-refractivity contribution in [2.45, 2.75) is 26.4 Å². The largest absolute Gasteiger partial charge is 0.375 e. The second-order valence-electron chi connectivity index (χ2n) is 5.03. The standard InChI is InChI=1S/C15H24N4O2.2ClH/c1-3-19(4-2)14-6-5-12(10-17-14)18-15(20)9-13-11-16-7-8-21-13;;/h5-6,10,13,16H,3-4,7-9,11H2,1-2H3,(H,18,20);2*1H. The van der Waals surface area contributed by atoms with Gasteiger partial charge in [-0.3, -0.25) is 4.79 Å². The van der Waals surface area contributed by atoms with Crippen LogP contribution in [0.1, 0.15) is 20.3 Å². The van der Waals surface area contributed by atoms with Crippen LogP contribution in [0.25, 0.3) is 0 Å². The first-order chi connectivity index (χ1) is 10.2. The Labute approximate surface area is 150 Å². The summed E-state index contributed by atoms with van der Waals surface area (Å²) in [6.45, 7) is 8.28. The zero-order valence-electron chi connectivity index (χ0n) is 13.6. The van der Waals surface area contributed by atoms with Crippen molar-refractivity contribution in [3.8, 4) is 0 Å². The van der Waals surface area contributed by atoms with E-state index in [0.717, 1.165) is 37.7 Å². The molecule has 8 heteroatoms. The molecule has 2 N–H and O–H groups in total. The molecule has 0 saturated carbocycles. The summed E-state index contributed by atoms with van der Waals surface area (Å²) in [5, 5.41) is 6.08. The van der Waals surface area contributed by atoms with E-state index in [4.69, 9.17) is 4.74 Å². The van der Waals surface area contributed by atoms with E-state index in [1.54, 1.807) is 6.20 Å². The van der Waals surface area contributed by atoms with E-state index in [0.29, 0.717) is 13.0 Å². The Kier molecular flexibility index (Phi) is 10.9. The molecule has 2 heterocycles. The number of aromatic nitrogens is 1. The number of amides is 1. The van der Waals surface area contributed by atoms with E-state index >= 15 is 0 Å². The number of morpholine rings is 1. The lowest BCUT2D eigenvalue weighted by molar-refractivity contribution is -0.119. The third-order valence-corrected chi connectivity index (χ3v) is 3.54. The first kappa shape index (κ1) is 21.9. The van der Waals surface area contributed by atoms with Crippen molar-refractivity contribution in [1.82, 2.24) is 10.3 Å². The molecule has 132 valence electrons. The molecule has 6 nitrogen and oxygen atoms in total. The maximum atomic E-state index is 12.0. The van der Waals surface area contributed by atoms with Crippen molar-refractivity contribution in [3.05, 3.63) is 18.3 Å². The number of carbonyl (C=O) groups excluding carboxylic acids is 1. The van der Waals surface area contributed by atoms with Gasteiger partial charge in [0, 0.05) is 26.2 Å². The Morgan fingerprint density at radius 3 is 2.65 bits per heavy atom. The number of carbonyl (C=O) groups is 1. The van der Waals surface area contributed by atoms with Crippen molar-refractivity contribution < 1.29 is 9.53 Å². The van der Waals surface area contributed by atoms with Crippen LogP contribution in [-0.4, -0.2) is 49.8 Å². The Balaban J connectivity index is 0.00000242. The van der Waals surface area contributed by atoms with Gasteiger partial charge in [-0.15, -0.1) is 24.8 Å². The summed E-state index contributed by atoms with van der Waals surface area (Å²) in [5.74, 6) is 0.888. The molecular weight excluding hydrogens is 339 g/mol. The number of hydrogen-bond acceptors (Lipinski definition) is 5.